The Labute approximate surface area is 142 Å². The average Bonchev–Trinajstić information content (AvgIpc) is 3.14. The zero-order chi connectivity index (χ0) is 16.7. The number of nitrogens with zero attached hydrogens (tertiary/aromatic N) is 3. The first-order valence-electron chi connectivity index (χ1n) is 7.68. The summed E-state index contributed by atoms with van der Waals surface area (Å²) in [5.41, 5.74) is 8.38. The highest BCUT2D eigenvalue weighted by atomic mass is 32.1. The minimum atomic E-state index is -0.601. The largest absolute Gasteiger partial charge is 0.368 e. The third-order valence-corrected chi connectivity index (χ3v) is 5.14. The number of carbonyl (C=O) groups excluding carboxylic acids is 2. The van der Waals surface area contributed by atoms with Crippen LogP contribution in [0.15, 0.2) is 42.0 Å². The van der Waals surface area contributed by atoms with Crippen molar-refractivity contribution in [1.82, 2.24) is 14.3 Å². The van der Waals surface area contributed by atoms with Crippen LogP contribution in [0.3, 0.4) is 0 Å². The molecule has 0 radical (unpaired) electrons. The molecule has 0 bridgehead atoms. The number of amides is 2. The summed E-state index contributed by atoms with van der Waals surface area (Å²) in [6, 6.07) is 7.24. The fourth-order valence-corrected chi connectivity index (χ4v) is 3.88. The average molecular weight is 340 g/mol. The van der Waals surface area contributed by atoms with Gasteiger partial charge in [-0.05, 0) is 11.1 Å². The standard InChI is InChI=1S/C17H16N4O2S/c18-16(23)14-7-11-3-1-2-4-12(11)9-21(14)15(22)8-13-10-20-5-6-24-17(20)19-13/h1-6,10,14H,7-9H2,(H2,18,23)/t14-/m1/s1. The van der Waals surface area contributed by atoms with E-state index in [1.807, 2.05) is 46.4 Å². The van der Waals surface area contributed by atoms with Crippen molar-refractivity contribution in [3.8, 4) is 0 Å². The number of benzene rings is 1. The summed E-state index contributed by atoms with van der Waals surface area (Å²) in [5.74, 6) is -0.595. The van der Waals surface area contributed by atoms with Gasteiger partial charge in [-0.3, -0.25) is 14.0 Å². The maximum atomic E-state index is 12.8. The van der Waals surface area contributed by atoms with Crippen molar-refractivity contribution in [3.63, 3.8) is 0 Å². The van der Waals surface area contributed by atoms with Gasteiger partial charge in [0.15, 0.2) is 4.96 Å². The van der Waals surface area contributed by atoms with E-state index in [4.69, 9.17) is 5.73 Å². The Balaban J connectivity index is 1.59. The summed E-state index contributed by atoms with van der Waals surface area (Å²) >= 11 is 1.52. The lowest BCUT2D eigenvalue weighted by atomic mass is 9.93. The number of carbonyl (C=O) groups is 2. The van der Waals surface area contributed by atoms with E-state index in [1.165, 1.54) is 11.3 Å². The molecule has 0 unspecified atom stereocenters. The Morgan fingerprint density at radius 3 is 2.83 bits per heavy atom. The van der Waals surface area contributed by atoms with Gasteiger partial charge in [-0.15, -0.1) is 11.3 Å². The van der Waals surface area contributed by atoms with Crippen LogP contribution < -0.4 is 5.73 Å². The Morgan fingerprint density at radius 2 is 2.08 bits per heavy atom. The molecule has 24 heavy (non-hydrogen) atoms. The molecule has 3 aromatic rings. The highest BCUT2D eigenvalue weighted by Crippen LogP contribution is 2.24. The molecular weight excluding hydrogens is 324 g/mol. The first kappa shape index (κ1) is 14.9. The van der Waals surface area contributed by atoms with E-state index >= 15 is 0 Å². The van der Waals surface area contributed by atoms with Crippen LogP contribution in [-0.2, 0) is 29.0 Å². The second kappa shape index (κ2) is 5.76. The third-order valence-electron chi connectivity index (χ3n) is 4.37. The van der Waals surface area contributed by atoms with Gasteiger partial charge in [0, 0.05) is 30.7 Å². The van der Waals surface area contributed by atoms with E-state index in [2.05, 4.69) is 4.98 Å². The lowest BCUT2D eigenvalue weighted by molar-refractivity contribution is -0.140. The van der Waals surface area contributed by atoms with Crippen molar-refractivity contribution in [2.24, 2.45) is 5.73 Å². The Bertz CT molecular complexity index is 901. The van der Waals surface area contributed by atoms with Crippen molar-refractivity contribution in [2.45, 2.75) is 25.4 Å². The van der Waals surface area contributed by atoms with E-state index in [1.54, 1.807) is 4.90 Å². The molecular formula is C17H16N4O2S. The molecule has 0 saturated heterocycles. The normalized spacial score (nSPS) is 17.0. The summed E-state index contributed by atoms with van der Waals surface area (Å²) < 4.78 is 1.89. The number of imidazole rings is 1. The number of fused-ring (bicyclic) bond motifs is 2. The monoisotopic (exact) mass is 340 g/mol. The minimum Gasteiger partial charge on any atom is -0.368 e. The number of hydrogen-bond acceptors (Lipinski definition) is 4. The van der Waals surface area contributed by atoms with Gasteiger partial charge < -0.3 is 10.6 Å². The maximum absolute atomic E-state index is 12.8. The highest BCUT2D eigenvalue weighted by molar-refractivity contribution is 7.15. The quantitative estimate of drug-likeness (QED) is 0.782. The smallest absolute Gasteiger partial charge is 0.240 e. The zero-order valence-electron chi connectivity index (χ0n) is 12.9. The van der Waals surface area contributed by atoms with Crippen molar-refractivity contribution >= 4 is 28.1 Å². The topological polar surface area (TPSA) is 80.7 Å². The van der Waals surface area contributed by atoms with E-state index < -0.39 is 11.9 Å². The number of primary amides is 1. The number of hydrogen-bond donors (Lipinski definition) is 1. The Morgan fingerprint density at radius 1 is 1.29 bits per heavy atom. The SMILES string of the molecule is NC(=O)[C@H]1Cc2ccccc2CN1C(=O)Cc1cn2ccsc2n1. The molecule has 1 aliphatic heterocycles. The first-order chi connectivity index (χ1) is 11.6. The van der Waals surface area contributed by atoms with Crippen LogP contribution in [0.25, 0.3) is 4.96 Å². The van der Waals surface area contributed by atoms with Crippen molar-refractivity contribution in [1.29, 1.82) is 0 Å². The van der Waals surface area contributed by atoms with E-state index in [-0.39, 0.29) is 12.3 Å². The molecule has 0 saturated carbocycles. The number of aromatic nitrogens is 2. The molecule has 6 nitrogen and oxygen atoms in total. The maximum Gasteiger partial charge on any atom is 0.240 e. The summed E-state index contributed by atoms with van der Waals surface area (Å²) in [5, 5.41) is 1.94. The summed E-state index contributed by atoms with van der Waals surface area (Å²) in [7, 11) is 0. The summed E-state index contributed by atoms with van der Waals surface area (Å²) in [6.07, 6.45) is 4.39. The van der Waals surface area contributed by atoms with Gasteiger partial charge >= 0.3 is 0 Å². The Kier molecular flexibility index (Phi) is 3.57. The number of rotatable bonds is 3. The van der Waals surface area contributed by atoms with E-state index in [9.17, 15) is 9.59 Å². The second-order valence-electron chi connectivity index (χ2n) is 5.91. The van der Waals surface area contributed by atoms with Crippen molar-refractivity contribution in [2.75, 3.05) is 0 Å². The molecule has 2 aromatic heterocycles. The van der Waals surface area contributed by atoms with E-state index in [0.29, 0.717) is 18.7 Å². The van der Waals surface area contributed by atoms with Crippen molar-refractivity contribution in [3.05, 3.63) is 58.9 Å². The molecule has 0 fully saturated rings. The second-order valence-corrected chi connectivity index (χ2v) is 6.79. The number of nitrogens with two attached hydrogens (primary N) is 1. The van der Waals surface area contributed by atoms with Gasteiger partial charge in [-0.1, -0.05) is 24.3 Å². The van der Waals surface area contributed by atoms with Crippen molar-refractivity contribution < 1.29 is 9.59 Å². The highest BCUT2D eigenvalue weighted by Gasteiger charge is 2.33. The van der Waals surface area contributed by atoms with Crippen LogP contribution in [0.4, 0.5) is 0 Å². The predicted octanol–water partition coefficient (Wildman–Crippen LogP) is 1.38. The summed E-state index contributed by atoms with van der Waals surface area (Å²) in [6.45, 7) is 0.408. The lowest BCUT2D eigenvalue weighted by Crippen LogP contribution is -2.51. The molecule has 0 aliphatic carbocycles. The van der Waals surface area contributed by atoms with Crippen LogP contribution in [0.5, 0.6) is 0 Å². The van der Waals surface area contributed by atoms with Crippen LogP contribution in [0, 0.1) is 0 Å². The van der Waals surface area contributed by atoms with E-state index in [0.717, 1.165) is 16.1 Å². The van der Waals surface area contributed by atoms with Crippen LogP contribution >= 0.6 is 11.3 Å². The van der Waals surface area contributed by atoms with Gasteiger partial charge in [-0.25, -0.2) is 4.98 Å². The molecule has 7 heteroatoms. The van der Waals surface area contributed by atoms with Gasteiger partial charge in [0.1, 0.15) is 6.04 Å². The molecule has 1 aromatic carbocycles. The van der Waals surface area contributed by atoms with Crippen LogP contribution in [0.2, 0.25) is 0 Å². The van der Waals surface area contributed by atoms with Gasteiger partial charge in [0.25, 0.3) is 0 Å². The lowest BCUT2D eigenvalue weighted by Gasteiger charge is -2.35. The predicted molar refractivity (Wildman–Crippen MR) is 90.5 cm³/mol. The molecule has 1 atom stereocenters. The van der Waals surface area contributed by atoms with Gasteiger partial charge in [0.05, 0.1) is 12.1 Å². The Hall–Kier alpha value is -2.67. The van der Waals surface area contributed by atoms with Gasteiger partial charge in [0.2, 0.25) is 11.8 Å². The molecule has 4 rings (SSSR count). The fraction of sp³-hybridized carbons (Fsp3) is 0.235. The molecule has 2 N–H and O–H groups in total. The fourth-order valence-electron chi connectivity index (χ4n) is 3.16. The molecule has 1 aliphatic rings. The number of thiazole rings is 1. The molecule has 0 spiro atoms. The molecule has 3 heterocycles. The van der Waals surface area contributed by atoms with Gasteiger partial charge in [-0.2, -0.15) is 0 Å². The zero-order valence-corrected chi connectivity index (χ0v) is 13.7. The molecule has 2 amide bonds. The first-order valence-corrected chi connectivity index (χ1v) is 8.56. The van der Waals surface area contributed by atoms with Crippen LogP contribution in [-0.4, -0.2) is 32.1 Å². The molecule has 122 valence electrons. The minimum absolute atomic E-state index is 0.126. The summed E-state index contributed by atoms with van der Waals surface area (Å²) in [4.78, 5) is 31.5. The third kappa shape index (κ3) is 2.56. The van der Waals surface area contributed by atoms with Crippen LogP contribution in [0.1, 0.15) is 16.8 Å².